The fourth-order valence-corrected chi connectivity index (χ4v) is 2.56. The zero-order chi connectivity index (χ0) is 14.3. The molecule has 1 atom stereocenters. The predicted molar refractivity (Wildman–Crippen MR) is 73.8 cm³/mol. The second-order valence-electron chi connectivity index (χ2n) is 5.08. The highest BCUT2D eigenvalue weighted by molar-refractivity contribution is 5.84. The number of hydrogen-bond acceptors (Lipinski definition) is 3. The van der Waals surface area contributed by atoms with Crippen LogP contribution in [0, 0.1) is 0 Å². The fourth-order valence-electron chi connectivity index (χ4n) is 2.56. The maximum Gasteiger partial charge on any atom is 0.242 e. The molecule has 0 bridgehead atoms. The largest absolute Gasteiger partial charge is 0.383 e. The number of methoxy groups -OCH3 is 1. The van der Waals surface area contributed by atoms with Crippen LogP contribution in [0.15, 0.2) is 0 Å². The van der Waals surface area contributed by atoms with Crippen LogP contribution in [0.25, 0.3) is 0 Å². The average molecular weight is 270 g/mol. The van der Waals surface area contributed by atoms with Crippen LogP contribution < -0.4 is 0 Å². The van der Waals surface area contributed by atoms with Gasteiger partial charge in [-0.1, -0.05) is 6.92 Å². The SMILES string of the molecule is CCC1CCCCN1C(=O)CN(CCOC)C(C)=O. The topological polar surface area (TPSA) is 49.9 Å². The standard InChI is InChI=1S/C14H26N2O3/c1-4-13-7-5-6-8-16(13)14(18)11-15(12(2)17)9-10-19-3/h13H,4-11H2,1-3H3. The lowest BCUT2D eigenvalue weighted by Crippen LogP contribution is -2.49. The van der Waals surface area contributed by atoms with Crippen molar-refractivity contribution in [3.63, 3.8) is 0 Å². The summed E-state index contributed by atoms with van der Waals surface area (Å²) in [5.74, 6) is -0.00619. The third-order valence-electron chi connectivity index (χ3n) is 3.76. The number of rotatable bonds is 6. The zero-order valence-electron chi connectivity index (χ0n) is 12.4. The molecule has 0 aromatic carbocycles. The summed E-state index contributed by atoms with van der Waals surface area (Å²) in [5, 5.41) is 0. The molecule has 0 radical (unpaired) electrons. The molecule has 19 heavy (non-hydrogen) atoms. The molecule has 2 amide bonds. The molecule has 0 saturated carbocycles. The van der Waals surface area contributed by atoms with Crippen LogP contribution in [0.3, 0.4) is 0 Å². The first-order valence-corrected chi connectivity index (χ1v) is 7.14. The van der Waals surface area contributed by atoms with E-state index in [0.29, 0.717) is 19.2 Å². The van der Waals surface area contributed by atoms with E-state index in [4.69, 9.17) is 4.74 Å². The zero-order valence-corrected chi connectivity index (χ0v) is 12.4. The van der Waals surface area contributed by atoms with Gasteiger partial charge in [0.15, 0.2) is 0 Å². The van der Waals surface area contributed by atoms with Gasteiger partial charge in [-0.25, -0.2) is 0 Å². The summed E-state index contributed by atoms with van der Waals surface area (Å²) in [6, 6.07) is 0.345. The Hall–Kier alpha value is -1.10. The second kappa shape index (κ2) is 8.15. The average Bonchev–Trinajstić information content (AvgIpc) is 2.42. The molecule has 1 unspecified atom stereocenters. The van der Waals surface area contributed by atoms with Gasteiger partial charge in [0, 0.05) is 33.2 Å². The minimum absolute atomic E-state index is 0.0675. The summed E-state index contributed by atoms with van der Waals surface area (Å²) in [6.45, 7) is 5.55. The highest BCUT2D eigenvalue weighted by atomic mass is 16.5. The minimum atomic E-state index is -0.0737. The Kier molecular flexibility index (Phi) is 6.84. The summed E-state index contributed by atoms with van der Waals surface area (Å²) < 4.78 is 4.97. The Morgan fingerprint density at radius 2 is 2.11 bits per heavy atom. The number of carbonyl (C=O) groups is 2. The van der Waals surface area contributed by atoms with E-state index in [0.717, 1.165) is 25.8 Å². The Bertz CT molecular complexity index is 307. The van der Waals surface area contributed by atoms with Crippen molar-refractivity contribution in [2.24, 2.45) is 0 Å². The van der Waals surface area contributed by atoms with Crippen LogP contribution in [0.1, 0.15) is 39.5 Å². The molecule has 1 aliphatic heterocycles. The molecule has 0 spiro atoms. The van der Waals surface area contributed by atoms with E-state index in [2.05, 4.69) is 6.92 Å². The fraction of sp³-hybridized carbons (Fsp3) is 0.857. The van der Waals surface area contributed by atoms with Crippen molar-refractivity contribution >= 4 is 11.8 Å². The molecule has 110 valence electrons. The Morgan fingerprint density at radius 1 is 1.37 bits per heavy atom. The lowest BCUT2D eigenvalue weighted by Gasteiger charge is -2.36. The maximum absolute atomic E-state index is 12.3. The molecule has 0 aliphatic carbocycles. The van der Waals surface area contributed by atoms with E-state index < -0.39 is 0 Å². The Balaban J connectivity index is 2.56. The third kappa shape index (κ3) is 4.82. The molecular weight excluding hydrogens is 244 g/mol. The van der Waals surface area contributed by atoms with E-state index in [1.165, 1.54) is 13.3 Å². The predicted octanol–water partition coefficient (Wildman–Crippen LogP) is 1.27. The molecule has 1 fully saturated rings. The van der Waals surface area contributed by atoms with Crippen molar-refractivity contribution in [3.05, 3.63) is 0 Å². The van der Waals surface area contributed by atoms with Crippen LogP contribution in [0.5, 0.6) is 0 Å². The van der Waals surface area contributed by atoms with Crippen molar-refractivity contribution in [1.82, 2.24) is 9.80 Å². The first kappa shape index (κ1) is 16.0. The highest BCUT2D eigenvalue weighted by Crippen LogP contribution is 2.19. The van der Waals surface area contributed by atoms with Gasteiger partial charge < -0.3 is 14.5 Å². The van der Waals surface area contributed by atoms with Crippen molar-refractivity contribution in [2.45, 2.75) is 45.6 Å². The van der Waals surface area contributed by atoms with E-state index in [1.54, 1.807) is 12.0 Å². The molecule has 1 saturated heterocycles. The van der Waals surface area contributed by atoms with E-state index >= 15 is 0 Å². The summed E-state index contributed by atoms with van der Waals surface area (Å²) in [6.07, 6.45) is 4.34. The number of hydrogen-bond donors (Lipinski definition) is 0. The van der Waals surface area contributed by atoms with E-state index in [9.17, 15) is 9.59 Å². The quantitative estimate of drug-likeness (QED) is 0.730. The van der Waals surface area contributed by atoms with E-state index in [-0.39, 0.29) is 18.4 Å². The minimum Gasteiger partial charge on any atom is -0.383 e. The number of piperidine rings is 1. The molecule has 1 rings (SSSR count). The maximum atomic E-state index is 12.3. The first-order valence-electron chi connectivity index (χ1n) is 7.14. The van der Waals surface area contributed by atoms with Crippen LogP contribution in [-0.2, 0) is 14.3 Å². The number of ether oxygens (including phenoxy) is 1. The molecule has 5 heteroatoms. The van der Waals surface area contributed by atoms with Crippen LogP contribution in [0.4, 0.5) is 0 Å². The van der Waals surface area contributed by atoms with Crippen molar-refractivity contribution in [1.29, 1.82) is 0 Å². The molecule has 0 aromatic rings. The smallest absolute Gasteiger partial charge is 0.242 e. The Labute approximate surface area is 115 Å². The van der Waals surface area contributed by atoms with Crippen LogP contribution >= 0.6 is 0 Å². The molecule has 1 aliphatic rings. The first-order chi connectivity index (χ1) is 9.10. The van der Waals surface area contributed by atoms with Gasteiger partial charge in [-0.3, -0.25) is 9.59 Å². The molecule has 0 aromatic heterocycles. The van der Waals surface area contributed by atoms with Gasteiger partial charge in [-0.2, -0.15) is 0 Å². The van der Waals surface area contributed by atoms with Crippen molar-refractivity contribution in [2.75, 3.05) is 33.4 Å². The second-order valence-corrected chi connectivity index (χ2v) is 5.08. The molecular formula is C14H26N2O3. The van der Waals surface area contributed by atoms with Gasteiger partial charge in [-0.05, 0) is 25.7 Å². The lowest BCUT2D eigenvalue weighted by molar-refractivity contribution is -0.142. The monoisotopic (exact) mass is 270 g/mol. The summed E-state index contributed by atoms with van der Waals surface area (Å²) in [7, 11) is 1.60. The molecule has 5 nitrogen and oxygen atoms in total. The third-order valence-corrected chi connectivity index (χ3v) is 3.76. The van der Waals surface area contributed by atoms with Gasteiger partial charge >= 0.3 is 0 Å². The van der Waals surface area contributed by atoms with E-state index in [1.807, 2.05) is 4.90 Å². The van der Waals surface area contributed by atoms with Crippen LogP contribution in [-0.4, -0.2) is 61.0 Å². The summed E-state index contributed by atoms with van der Waals surface area (Å²) in [5.41, 5.74) is 0. The number of carbonyl (C=O) groups excluding carboxylic acids is 2. The summed E-state index contributed by atoms with van der Waals surface area (Å²) >= 11 is 0. The van der Waals surface area contributed by atoms with Gasteiger partial charge in [0.05, 0.1) is 13.2 Å². The molecule has 1 heterocycles. The highest BCUT2D eigenvalue weighted by Gasteiger charge is 2.26. The van der Waals surface area contributed by atoms with Crippen molar-refractivity contribution in [3.8, 4) is 0 Å². The normalized spacial score (nSPS) is 19.3. The Morgan fingerprint density at radius 3 is 2.68 bits per heavy atom. The van der Waals surface area contributed by atoms with Crippen LogP contribution in [0.2, 0.25) is 0 Å². The van der Waals surface area contributed by atoms with Gasteiger partial charge in [0.25, 0.3) is 0 Å². The molecule has 0 N–H and O–H groups in total. The number of amides is 2. The number of likely N-dealkylation sites (tertiary alicyclic amines) is 1. The van der Waals surface area contributed by atoms with Gasteiger partial charge in [0.1, 0.15) is 0 Å². The lowest BCUT2D eigenvalue weighted by atomic mass is 10.00. The van der Waals surface area contributed by atoms with Gasteiger partial charge in [0.2, 0.25) is 11.8 Å². The van der Waals surface area contributed by atoms with Crippen molar-refractivity contribution < 1.29 is 14.3 Å². The van der Waals surface area contributed by atoms with Gasteiger partial charge in [-0.15, -0.1) is 0 Å². The number of nitrogens with zero attached hydrogens (tertiary/aromatic N) is 2. The summed E-state index contributed by atoms with van der Waals surface area (Å²) in [4.78, 5) is 27.4.